The monoisotopic (exact) mass is 378 g/mol. The summed E-state index contributed by atoms with van der Waals surface area (Å²) in [4.78, 5) is 39.9. The molecule has 8 nitrogen and oxygen atoms in total. The molecular formula is C20H18N4O4. The zero-order chi connectivity index (χ0) is 19.8. The Kier molecular flexibility index (Phi) is 6.14. The minimum Gasteiger partial charge on any atom is -0.459 e. The van der Waals surface area contributed by atoms with Crippen LogP contribution in [-0.4, -0.2) is 35.8 Å². The Morgan fingerprint density at radius 1 is 0.821 bits per heavy atom. The second-order valence-electron chi connectivity index (χ2n) is 5.74. The van der Waals surface area contributed by atoms with Gasteiger partial charge in [-0.1, -0.05) is 6.07 Å². The van der Waals surface area contributed by atoms with Crippen LogP contribution in [-0.2, 0) is 0 Å². The van der Waals surface area contributed by atoms with Crippen molar-refractivity contribution in [1.82, 2.24) is 15.6 Å². The first-order valence-corrected chi connectivity index (χ1v) is 8.56. The summed E-state index contributed by atoms with van der Waals surface area (Å²) < 4.78 is 4.98. The van der Waals surface area contributed by atoms with E-state index in [1.807, 2.05) is 0 Å². The number of carbonyl (C=O) groups excluding carboxylic acids is 3. The highest BCUT2D eigenvalue weighted by atomic mass is 16.3. The van der Waals surface area contributed by atoms with Crippen molar-refractivity contribution in [2.24, 2.45) is 0 Å². The van der Waals surface area contributed by atoms with Crippen LogP contribution in [0, 0.1) is 0 Å². The lowest BCUT2D eigenvalue weighted by Crippen LogP contribution is -2.34. The molecule has 0 aliphatic rings. The summed E-state index contributed by atoms with van der Waals surface area (Å²) in [7, 11) is 0. The lowest BCUT2D eigenvalue weighted by Gasteiger charge is -2.08. The van der Waals surface area contributed by atoms with Crippen LogP contribution in [0.25, 0.3) is 0 Å². The second kappa shape index (κ2) is 9.13. The number of hydrogen-bond donors (Lipinski definition) is 3. The molecule has 3 aromatic rings. The third-order valence-corrected chi connectivity index (χ3v) is 3.74. The van der Waals surface area contributed by atoms with Crippen LogP contribution in [0.4, 0.5) is 5.69 Å². The number of aromatic nitrogens is 1. The highest BCUT2D eigenvalue weighted by molar-refractivity contribution is 6.03. The normalized spacial score (nSPS) is 10.1. The van der Waals surface area contributed by atoms with Crippen molar-refractivity contribution in [2.75, 3.05) is 18.4 Å². The number of furan rings is 1. The predicted octanol–water partition coefficient (Wildman–Crippen LogP) is 2.09. The summed E-state index contributed by atoms with van der Waals surface area (Å²) in [6.07, 6.45) is 2.96. The Hall–Kier alpha value is -3.94. The van der Waals surface area contributed by atoms with E-state index in [2.05, 4.69) is 20.9 Å². The van der Waals surface area contributed by atoms with E-state index < -0.39 is 0 Å². The quantitative estimate of drug-likeness (QED) is 0.545. The minimum absolute atomic E-state index is 0.217. The summed E-state index contributed by atoms with van der Waals surface area (Å²) in [6.45, 7) is 0.535. The zero-order valence-electron chi connectivity index (χ0n) is 14.8. The SMILES string of the molecule is O=C(NCCNC(=O)c1ccco1)c1ccc(NC(=O)c2ccccn2)cc1. The van der Waals surface area contributed by atoms with Crippen molar-refractivity contribution >= 4 is 23.4 Å². The van der Waals surface area contributed by atoms with E-state index >= 15 is 0 Å². The Morgan fingerprint density at radius 3 is 2.21 bits per heavy atom. The van der Waals surface area contributed by atoms with E-state index in [0.717, 1.165) is 0 Å². The highest BCUT2D eigenvalue weighted by Gasteiger charge is 2.10. The number of nitrogens with zero attached hydrogens (tertiary/aromatic N) is 1. The van der Waals surface area contributed by atoms with Gasteiger partial charge < -0.3 is 20.4 Å². The largest absolute Gasteiger partial charge is 0.459 e. The molecule has 0 bridgehead atoms. The van der Waals surface area contributed by atoms with Crippen molar-refractivity contribution in [1.29, 1.82) is 0 Å². The fourth-order valence-electron chi connectivity index (χ4n) is 2.35. The summed E-state index contributed by atoms with van der Waals surface area (Å²) >= 11 is 0. The van der Waals surface area contributed by atoms with Crippen molar-refractivity contribution in [3.8, 4) is 0 Å². The minimum atomic E-state index is -0.341. The first-order valence-electron chi connectivity index (χ1n) is 8.56. The molecule has 0 saturated carbocycles. The van der Waals surface area contributed by atoms with Gasteiger partial charge in [-0.3, -0.25) is 19.4 Å². The number of amides is 3. The second-order valence-corrected chi connectivity index (χ2v) is 5.74. The Morgan fingerprint density at radius 2 is 1.57 bits per heavy atom. The van der Waals surface area contributed by atoms with Gasteiger partial charge in [0.15, 0.2) is 5.76 Å². The van der Waals surface area contributed by atoms with Crippen LogP contribution in [0.3, 0.4) is 0 Å². The first-order chi connectivity index (χ1) is 13.6. The molecule has 0 fully saturated rings. The maximum atomic E-state index is 12.1. The van der Waals surface area contributed by atoms with Crippen molar-refractivity contribution in [2.45, 2.75) is 0 Å². The molecule has 0 radical (unpaired) electrons. The molecule has 0 aliphatic heterocycles. The van der Waals surface area contributed by atoms with Gasteiger partial charge in [-0.2, -0.15) is 0 Å². The average Bonchev–Trinajstić information content (AvgIpc) is 3.27. The molecule has 142 valence electrons. The zero-order valence-corrected chi connectivity index (χ0v) is 14.8. The van der Waals surface area contributed by atoms with Crippen molar-refractivity contribution in [3.63, 3.8) is 0 Å². The lowest BCUT2D eigenvalue weighted by molar-refractivity contribution is 0.0910. The van der Waals surface area contributed by atoms with Gasteiger partial charge in [0.1, 0.15) is 5.69 Å². The standard InChI is InChI=1S/C20H18N4O4/c25-18(22-11-12-23-20(27)17-5-3-13-28-17)14-6-8-15(9-7-14)24-19(26)16-4-1-2-10-21-16/h1-10,13H,11-12H2,(H,22,25)(H,23,27)(H,24,26). The molecule has 0 saturated heterocycles. The third kappa shape index (κ3) is 5.04. The van der Waals surface area contributed by atoms with Crippen LogP contribution in [0.1, 0.15) is 31.4 Å². The summed E-state index contributed by atoms with van der Waals surface area (Å²) in [5, 5.41) is 8.05. The number of hydrogen-bond acceptors (Lipinski definition) is 5. The molecule has 3 N–H and O–H groups in total. The molecule has 0 spiro atoms. The molecule has 8 heteroatoms. The molecule has 1 aromatic carbocycles. The topological polar surface area (TPSA) is 113 Å². The highest BCUT2D eigenvalue weighted by Crippen LogP contribution is 2.11. The number of benzene rings is 1. The van der Waals surface area contributed by atoms with Gasteiger partial charge in [-0.15, -0.1) is 0 Å². The number of nitrogens with one attached hydrogen (secondary N) is 3. The van der Waals surface area contributed by atoms with E-state index in [1.54, 1.807) is 60.8 Å². The smallest absolute Gasteiger partial charge is 0.287 e. The number of carbonyl (C=O) groups is 3. The van der Waals surface area contributed by atoms with E-state index in [1.165, 1.54) is 6.26 Å². The molecule has 2 aromatic heterocycles. The van der Waals surface area contributed by atoms with Crippen LogP contribution in [0.5, 0.6) is 0 Å². The third-order valence-electron chi connectivity index (χ3n) is 3.74. The van der Waals surface area contributed by atoms with E-state index in [0.29, 0.717) is 16.9 Å². The molecular weight excluding hydrogens is 360 g/mol. The molecule has 2 heterocycles. The number of pyridine rings is 1. The molecule has 28 heavy (non-hydrogen) atoms. The maximum absolute atomic E-state index is 12.1. The van der Waals surface area contributed by atoms with E-state index in [-0.39, 0.29) is 36.6 Å². The lowest BCUT2D eigenvalue weighted by atomic mass is 10.2. The van der Waals surface area contributed by atoms with Crippen molar-refractivity contribution in [3.05, 3.63) is 84.1 Å². The van der Waals surface area contributed by atoms with Crippen LogP contribution >= 0.6 is 0 Å². The molecule has 3 rings (SSSR count). The van der Waals surface area contributed by atoms with Crippen molar-refractivity contribution < 1.29 is 18.8 Å². The van der Waals surface area contributed by atoms with Crippen LogP contribution in [0.15, 0.2) is 71.5 Å². The van der Waals surface area contributed by atoms with Gasteiger partial charge in [0.2, 0.25) is 0 Å². The van der Waals surface area contributed by atoms with Gasteiger partial charge in [0.05, 0.1) is 6.26 Å². The van der Waals surface area contributed by atoms with Gasteiger partial charge in [-0.05, 0) is 48.5 Å². The summed E-state index contributed by atoms with van der Waals surface area (Å²) in [5.41, 5.74) is 1.30. The number of rotatable bonds is 7. The Labute approximate surface area is 161 Å². The maximum Gasteiger partial charge on any atom is 0.287 e. The summed E-state index contributed by atoms with van der Waals surface area (Å²) in [5.74, 6) is -0.734. The van der Waals surface area contributed by atoms with Gasteiger partial charge >= 0.3 is 0 Å². The predicted molar refractivity (Wildman–Crippen MR) is 102 cm³/mol. The van der Waals surface area contributed by atoms with E-state index in [4.69, 9.17) is 4.42 Å². The molecule has 3 amide bonds. The molecule has 0 atom stereocenters. The fraction of sp³-hybridized carbons (Fsp3) is 0.100. The average molecular weight is 378 g/mol. The molecule has 0 aliphatic carbocycles. The van der Waals surface area contributed by atoms with Gasteiger partial charge in [0.25, 0.3) is 17.7 Å². The van der Waals surface area contributed by atoms with Crippen LogP contribution in [0.2, 0.25) is 0 Å². The fourth-order valence-corrected chi connectivity index (χ4v) is 2.35. The first kappa shape index (κ1) is 18.8. The van der Waals surface area contributed by atoms with Gasteiger partial charge in [-0.25, -0.2) is 0 Å². The number of anilines is 1. The summed E-state index contributed by atoms with van der Waals surface area (Å²) in [6, 6.07) is 14.7. The van der Waals surface area contributed by atoms with E-state index in [9.17, 15) is 14.4 Å². The van der Waals surface area contributed by atoms with Crippen LogP contribution < -0.4 is 16.0 Å². The van der Waals surface area contributed by atoms with Gasteiger partial charge in [0, 0.05) is 30.5 Å². The Balaban J connectivity index is 1.44. The molecule has 0 unspecified atom stereocenters. The Bertz CT molecular complexity index is 938.